The third-order valence-electron chi connectivity index (χ3n) is 7.73. The molecule has 1 heterocycles. The minimum absolute atomic E-state index is 0.0474. The maximum absolute atomic E-state index is 13.3. The molecule has 3 N–H and O–H groups in total. The van der Waals surface area contributed by atoms with Crippen LogP contribution in [-0.4, -0.2) is 66.9 Å². The van der Waals surface area contributed by atoms with E-state index in [0.29, 0.717) is 32.4 Å². The number of nitrogens with zero attached hydrogens (tertiary/aromatic N) is 1. The summed E-state index contributed by atoms with van der Waals surface area (Å²) in [6, 6.07) is 12.8. The number of carbonyl (C=O) groups is 4. The molecule has 0 bridgehead atoms. The molecule has 9 heteroatoms. The van der Waals surface area contributed by atoms with Gasteiger partial charge in [-0.2, -0.15) is 0 Å². The summed E-state index contributed by atoms with van der Waals surface area (Å²) < 4.78 is 4.93. The van der Waals surface area contributed by atoms with Crippen LogP contribution in [0.2, 0.25) is 0 Å². The van der Waals surface area contributed by atoms with Crippen LogP contribution in [0.5, 0.6) is 0 Å². The molecule has 1 aliphatic rings. The average molecular weight is 553 g/mol. The van der Waals surface area contributed by atoms with Crippen LogP contribution in [0.4, 0.5) is 0 Å². The Morgan fingerprint density at radius 2 is 1.85 bits per heavy atom. The highest BCUT2D eigenvalue weighted by atomic mass is 16.5. The van der Waals surface area contributed by atoms with E-state index < -0.39 is 18.1 Å². The molecule has 9 nitrogen and oxygen atoms in total. The van der Waals surface area contributed by atoms with Crippen molar-refractivity contribution in [2.75, 3.05) is 20.2 Å². The number of carbonyl (C=O) groups excluding carboxylic acids is 4. The first-order chi connectivity index (χ1) is 19.2. The number of hydrogen-bond donors (Lipinski definition) is 3. The fourth-order valence-corrected chi connectivity index (χ4v) is 5.12. The van der Waals surface area contributed by atoms with Crippen molar-refractivity contribution < 1.29 is 23.9 Å². The standard InChI is InChI=1S/C31H44N4O5/c1-5-7-15-26(31(39)40-4)33-29(37)20-35(18-23-13-10-12-22-11-8-9-14-24(22)23)19-27(21(3)6-2)34-30(38)25-16-17-28(36)32-25/h8-14,21,25-27H,5-7,15-20H2,1-4H3,(H,32,36)(H,33,37)(H,34,38)/t21-,25-,26-,27+/m0/s1. The highest BCUT2D eigenvalue weighted by Crippen LogP contribution is 2.21. The molecule has 218 valence electrons. The molecule has 40 heavy (non-hydrogen) atoms. The maximum Gasteiger partial charge on any atom is 0.328 e. The molecule has 1 fully saturated rings. The Labute approximate surface area is 237 Å². The average Bonchev–Trinajstić information content (AvgIpc) is 3.40. The van der Waals surface area contributed by atoms with Gasteiger partial charge in [-0.25, -0.2) is 4.79 Å². The van der Waals surface area contributed by atoms with Crippen molar-refractivity contribution in [3.8, 4) is 0 Å². The maximum atomic E-state index is 13.3. The van der Waals surface area contributed by atoms with Gasteiger partial charge in [0.25, 0.3) is 0 Å². The molecule has 3 amide bonds. The van der Waals surface area contributed by atoms with Gasteiger partial charge in [0.05, 0.1) is 13.7 Å². The number of hydrogen-bond acceptors (Lipinski definition) is 6. The molecule has 0 aromatic heterocycles. The summed E-state index contributed by atoms with van der Waals surface area (Å²) in [7, 11) is 1.33. The fraction of sp³-hybridized carbons (Fsp3) is 0.548. The SMILES string of the molecule is CCCC[C@H](NC(=O)CN(Cc1cccc2ccccc12)C[C@@H](NC(=O)[C@@H]1CCC(=O)N1)[C@@H](C)CC)C(=O)OC. The first-order valence-corrected chi connectivity index (χ1v) is 14.4. The van der Waals surface area contributed by atoms with Crippen LogP contribution in [0, 0.1) is 5.92 Å². The first kappa shape index (κ1) is 31.1. The smallest absolute Gasteiger partial charge is 0.328 e. The van der Waals surface area contributed by atoms with Gasteiger partial charge in [0, 0.05) is 25.6 Å². The zero-order chi connectivity index (χ0) is 29.1. The van der Waals surface area contributed by atoms with Crippen molar-refractivity contribution in [3.63, 3.8) is 0 Å². The van der Waals surface area contributed by atoms with Crippen LogP contribution >= 0.6 is 0 Å². The second-order valence-corrected chi connectivity index (χ2v) is 10.8. The van der Waals surface area contributed by atoms with Gasteiger partial charge in [-0.3, -0.25) is 19.3 Å². The van der Waals surface area contributed by atoms with Gasteiger partial charge in [-0.15, -0.1) is 0 Å². The van der Waals surface area contributed by atoms with E-state index in [4.69, 9.17) is 4.74 Å². The Morgan fingerprint density at radius 3 is 2.52 bits per heavy atom. The van der Waals surface area contributed by atoms with Gasteiger partial charge in [-0.1, -0.05) is 82.5 Å². The van der Waals surface area contributed by atoms with Crippen LogP contribution in [0.15, 0.2) is 42.5 Å². The molecule has 3 rings (SSSR count). The Hall–Kier alpha value is -3.46. The molecule has 2 aromatic rings. The highest BCUT2D eigenvalue weighted by molar-refractivity contribution is 5.91. The third kappa shape index (κ3) is 8.78. The van der Waals surface area contributed by atoms with Crippen molar-refractivity contribution in [1.82, 2.24) is 20.9 Å². The molecule has 0 aliphatic carbocycles. The van der Waals surface area contributed by atoms with Gasteiger partial charge in [0.15, 0.2) is 0 Å². The molecule has 0 saturated carbocycles. The van der Waals surface area contributed by atoms with Crippen LogP contribution in [0.3, 0.4) is 0 Å². The molecule has 1 saturated heterocycles. The van der Waals surface area contributed by atoms with E-state index >= 15 is 0 Å². The van der Waals surface area contributed by atoms with E-state index in [0.717, 1.165) is 35.6 Å². The quantitative estimate of drug-likeness (QED) is 0.292. The summed E-state index contributed by atoms with van der Waals surface area (Å²) in [6.45, 7) is 7.13. The zero-order valence-electron chi connectivity index (χ0n) is 24.2. The van der Waals surface area contributed by atoms with Crippen LogP contribution < -0.4 is 16.0 Å². The number of nitrogens with one attached hydrogen (secondary N) is 3. The lowest BCUT2D eigenvalue weighted by atomic mass is 9.97. The minimum atomic E-state index is -0.701. The lowest BCUT2D eigenvalue weighted by Crippen LogP contribution is -2.53. The number of amides is 3. The number of rotatable bonds is 15. The van der Waals surface area contributed by atoms with E-state index in [1.807, 2.05) is 30.0 Å². The van der Waals surface area contributed by atoms with Crippen LogP contribution in [-0.2, 0) is 30.5 Å². The lowest BCUT2D eigenvalue weighted by Gasteiger charge is -2.32. The third-order valence-corrected chi connectivity index (χ3v) is 7.73. The van der Waals surface area contributed by atoms with Gasteiger partial charge in [-0.05, 0) is 35.1 Å². The molecule has 2 aromatic carbocycles. The largest absolute Gasteiger partial charge is 0.467 e. The van der Waals surface area contributed by atoms with E-state index in [9.17, 15) is 19.2 Å². The number of esters is 1. The molecule has 4 atom stereocenters. The zero-order valence-corrected chi connectivity index (χ0v) is 24.2. The minimum Gasteiger partial charge on any atom is -0.467 e. The summed E-state index contributed by atoms with van der Waals surface area (Å²) in [5.74, 6) is -0.907. The van der Waals surface area contributed by atoms with Crippen molar-refractivity contribution in [3.05, 3.63) is 48.0 Å². The van der Waals surface area contributed by atoms with Crippen molar-refractivity contribution in [1.29, 1.82) is 0 Å². The van der Waals surface area contributed by atoms with Gasteiger partial charge >= 0.3 is 5.97 Å². The predicted octanol–water partition coefficient (Wildman–Crippen LogP) is 3.30. The number of benzene rings is 2. The monoisotopic (exact) mass is 552 g/mol. The van der Waals surface area contributed by atoms with Crippen LogP contribution in [0.1, 0.15) is 64.9 Å². The molecular formula is C31H44N4O5. The van der Waals surface area contributed by atoms with Crippen LogP contribution in [0.25, 0.3) is 10.8 Å². The Balaban J connectivity index is 1.83. The molecule has 1 aliphatic heterocycles. The Bertz CT molecular complexity index is 1160. The van der Waals surface area contributed by atoms with Crippen molar-refractivity contribution in [2.45, 2.75) is 84.0 Å². The summed E-state index contributed by atoms with van der Waals surface area (Å²) in [5, 5.41) is 11.0. The molecular weight excluding hydrogens is 508 g/mol. The number of ether oxygens (including phenoxy) is 1. The number of fused-ring (bicyclic) bond motifs is 1. The fourth-order valence-electron chi connectivity index (χ4n) is 5.12. The van der Waals surface area contributed by atoms with E-state index in [1.54, 1.807) is 0 Å². The highest BCUT2D eigenvalue weighted by Gasteiger charge is 2.31. The Morgan fingerprint density at radius 1 is 1.10 bits per heavy atom. The lowest BCUT2D eigenvalue weighted by molar-refractivity contribution is -0.145. The normalized spacial score (nSPS) is 17.2. The first-order valence-electron chi connectivity index (χ1n) is 14.4. The molecule has 0 radical (unpaired) electrons. The second-order valence-electron chi connectivity index (χ2n) is 10.8. The molecule has 0 unspecified atom stereocenters. The Kier molecular flexibility index (Phi) is 11.9. The summed E-state index contributed by atoms with van der Waals surface area (Å²) in [6.07, 6.45) is 3.86. The predicted molar refractivity (Wildman–Crippen MR) is 155 cm³/mol. The summed E-state index contributed by atoms with van der Waals surface area (Å²) in [5.41, 5.74) is 1.07. The van der Waals surface area contributed by atoms with Crippen molar-refractivity contribution in [2.24, 2.45) is 5.92 Å². The van der Waals surface area contributed by atoms with Crippen molar-refractivity contribution >= 4 is 34.5 Å². The topological polar surface area (TPSA) is 117 Å². The van der Waals surface area contributed by atoms with Gasteiger partial charge < -0.3 is 20.7 Å². The summed E-state index contributed by atoms with van der Waals surface area (Å²) >= 11 is 0. The summed E-state index contributed by atoms with van der Waals surface area (Å²) in [4.78, 5) is 52.4. The van der Waals surface area contributed by atoms with Gasteiger partial charge in [0.1, 0.15) is 12.1 Å². The number of unbranched alkanes of at least 4 members (excludes halogenated alkanes) is 1. The number of methoxy groups -OCH3 is 1. The van der Waals surface area contributed by atoms with E-state index in [1.165, 1.54) is 7.11 Å². The second kappa shape index (κ2) is 15.4. The van der Waals surface area contributed by atoms with Gasteiger partial charge in [0.2, 0.25) is 17.7 Å². The molecule has 0 spiro atoms. The van der Waals surface area contributed by atoms with E-state index in [-0.39, 0.29) is 36.2 Å². The van der Waals surface area contributed by atoms with E-state index in [2.05, 4.69) is 54.1 Å².